The van der Waals surface area contributed by atoms with Gasteiger partial charge in [0.15, 0.2) is 11.5 Å². The lowest BCUT2D eigenvalue weighted by Crippen LogP contribution is -2.39. The van der Waals surface area contributed by atoms with Gasteiger partial charge < -0.3 is 20.5 Å². The molecule has 7 nitrogen and oxygen atoms in total. The average Bonchev–Trinajstić information content (AvgIpc) is 2.74. The smallest absolute Gasteiger partial charge is 0.234 e. The molecule has 0 unspecified atom stereocenters. The van der Waals surface area contributed by atoms with E-state index in [0.29, 0.717) is 31.1 Å². The van der Waals surface area contributed by atoms with Crippen LogP contribution in [-0.2, 0) is 22.6 Å². The highest BCUT2D eigenvalue weighted by Crippen LogP contribution is 2.27. The van der Waals surface area contributed by atoms with E-state index in [2.05, 4.69) is 5.32 Å². The molecule has 0 atom stereocenters. The number of benzene rings is 2. The van der Waals surface area contributed by atoms with Crippen LogP contribution in [0.25, 0.3) is 0 Å². The molecule has 29 heavy (non-hydrogen) atoms. The van der Waals surface area contributed by atoms with Crippen molar-refractivity contribution in [2.75, 3.05) is 33.9 Å². The first kappa shape index (κ1) is 22.2. The Morgan fingerprint density at radius 1 is 0.966 bits per heavy atom. The largest absolute Gasteiger partial charge is 0.493 e. The first-order chi connectivity index (χ1) is 14.0. The van der Waals surface area contributed by atoms with Gasteiger partial charge in [-0.3, -0.25) is 14.5 Å². The number of carbonyl (C=O) groups is 2. The van der Waals surface area contributed by atoms with E-state index in [4.69, 9.17) is 15.2 Å². The van der Waals surface area contributed by atoms with Crippen molar-refractivity contribution in [1.82, 2.24) is 10.2 Å². The van der Waals surface area contributed by atoms with Crippen molar-refractivity contribution in [2.24, 2.45) is 5.73 Å². The van der Waals surface area contributed by atoms with E-state index in [1.165, 1.54) is 5.56 Å². The van der Waals surface area contributed by atoms with E-state index in [9.17, 15) is 9.59 Å². The summed E-state index contributed by atoms with van der Waals surface area (Å²) in [5, 5.41) is 2.91. The zero-order chi connectivity index (χ0) is 21.1. The molecule has 0 saturated carbocycles. The summed E-state index contributed by atoms with van der Waals surface area (Å²) in [4.78, 5) is 25.5. The maximum atomic E-state index is 12.4. The Hall–Kier alpha value is -3.06. The van der Waals surface area contributed by atoms with Crippen molar-refractivity contribution >= 4 is 11.8 Å². The van der Waals surface area contributed by atoms with Crippen molar-refractivity contribution < 1.29 is 19.1 Å². The van der Waals surface area contributed by atoms with E-state index in [1.54, 1.807) is 20.3 Å². The molecule has 0 saturated heterocycles. The number of ether oxygens (including phenoxy) is 2. The van der Waals surface area contributed by atoms with Crippen LogP contribution in [-0.4, -0.2) is 50.6 Å². The average molecular weight is 399 g/mol. The Balaban J connectivity index is 1.89. The van der Waals surface area contributed by atoms with E-state index in [0.717, 1.165) is 12.0 Å². The quantitative estimate of drug-likeness (QED) is 0.567. The monoisotopic (exact) mass is 399 g/mol. The number of amides is 2. The van der Waals surface area contributed by atoms with Crippen LogP contribution in [0.15, 0.2) is 48.5 Å². The maximum absolute atomic E-state index is 12.4. The van der Waals surface area contributed by atoms with E-state index < -0.39 is 0 Å². The lowest BCUT2D eigenvalue weighted by atomic mass is 10.1. The number of carbonyl (C=O) groups excluding carboxylic acids is 2. The third-order valence-corrected chi connectivity index (χ3v) is 4.54. The number of nitrogens with two attached hydrogens (primary N) is 1. The number of nitrogens with zero attached hydrogens (tertiary/aromatic N) is 1. The topological polar surface area (TPSA) is 93.9 Å². The van der Waals surface area contributed by atoms with Gasteiger partial charge >= 0.3 is 0 Å². The molecule has 0 aliphatic carbocycles. The van der Waals surface area contributed by atoms with Crippen molar-refractivity contribution in [2.45, 2.75) is 19.4 Å². The SMILES string of the molecule is COc1ccc(CNC(=O)CN(CCC(N)=O)CCc2ccccc2)cc1OC. The maximum Gasteiger partial charge on any atom is 0.234 e. The Morgan fingerprint density at radius 3 is 2.34 bits per heavy atom. The third kappa shape index (κ3) is 7.83. The van der Waals surface area contributed by atoms with E-state index in [1.807, 2.05) is 47.4 Å². The van der Waals surface area contributed by atoms with Gasteiger partial charge in [-0.15, -0.1) is 0 Å². The number of hydrogen-bond donors (Lipinski definition) is 2. The standard InChI is InChI=1S/C22H29N3O4/c1-28-19-9-8-18(14-20(19)29-2)15-24-22(27)16-25(13-11-21(23)26)12-10-17-6-4-3-5-7-17/h3-9,14H,10-13,15-16H2,1-2H3,(H2,23,26)(H,24,27). The highest BCUT2D eigenvalue weighted by Gasteiger charge is 2.13. The van der Waals surface area contributed by atoms with Crippen LogP contribution in [0, 0.1) is 0 Å². The van der Waals surface area contributed by atoms with Gasteiger partial charge in [0.2, 0.25) is 11.8 Å². The lowest BCUT2D eigenvalue weighted by molar-refractivity contribution is -0.123. The molecular formula is C22H29N3O4. The van der Waals surface area contributed by atoms with Crippen LogP contribution in [0.2, 0.25) is 0 Å². The number of hydrogen-bond acceptors (Lipinski definition) is 5. The molecule has 0 bridgehead atoms. The number of rotatable bonds is 12. The Labute approximate surface area is 171 Å². The van der Waals surface area contributed by atoms with Crippen LogP contribution >= 0.6 is 0 Å². The van der Waals surface area contributed by atoms with Gasteiger partial charge in [0, 0.05) is 26.1 Å². The summed E-state index contributed by atoms with van der Waals surface area (Å²) in [5.74, 6) is 0.768. The zero-order valence-corrected chi connectivity index (χ0v) is 17.0. The van der Waals surface area contributed by atoms with Crippen LogP contribution < -0.4 is 20.5 Å². The highest BCUT2D eigenvalue weighted by molar-refractivity contribution is 5.78. The molecule has 0 spiro atoms. The summed E-state index contributed by atoms with van der Waals surface area (Å²) in [5.41, 5.74) is 7.37. The number of methoxy groups -OCH3 is 2. The van der Waals surface area contributed by atoms with Gasteiger partial charge in [-0.1, -0.05) is 36.4 Å². The molecule has 0 aliphatic heterocycles. The minimum atomic E-state index is -0.375. The molecule has 0 heterocycles. The third-order valence-electron chi connectivity index (χ3n) is 4.54. The second-order valence-electron chi connectivity index (χ2n) is 6.69. The zero-order valence-electron chi connectivity index (χ0n) is 17.0. The summed E-state index contributed by atoms with van der Waals surface area (Å²) in [7, 11) is 3.15. The normalized spacial score (nSPS) is 10.6. The van der Waals surface area contributed by atoms with Crippen LogP contribution in [0.4, 0.5) is 0 Å². The van der Waals surface area contributed by atoms with Crippen LogP contribution in [0.3, 0.4) is 0 Å². The lowest BCUT2D eigenvalue weighted by Gasteiger charge is -2.21. The van der Waals surface area contributed by atoms with Crippen molar-refractivity contribution in [1.29, 1.82) is 0 Å². The molecule has 2 amide bonds. The number of nitrogens with one attached hydrogen (secondary N) is 1. The number of primary amides is 1. The van der Waals surface area contributed by atoms with Gasteiger partial charge in [0.25, 0.3) is 0 Å². The van der Waals surface area contributed by atoms with Crippen molar-refractivity contribution in [3.63, 3.8) is 0 Å². The summed E-state index contributed by atoms with van der Waals surface area (Å²) in [6.07, 6.45) is 1.01. The molecule has 156 valence electrons. The van der Waals surface area contributed by atoms with E-state index >= 15 is 0 Å². The van der Waals surface area contributed by atoms with Gasteiger partial charge in [-0.2, -0.15) is 0 Å². The first-order valence-electron chi connectivity index (χ1n) is 9.54. The van der Waals surface area contributed by atoms with Crippen molar-refractivity contribution in [3.05, 3.63) is 59.7 Å². The fourth-order valence-corrected chi connectivity index (χ4v) is 2.92. The fourth-order valence-electron chi connectivity index (χ4n) is 2.92. The molecule has 0 aromatic heterocycles. The molecular weight excluding hydrogens is 370 g/mol. The fraction of sp³-hybridized carbons (Fsp3) is 0.364. The van der Waals surface area contributed by atoms with Crippen LogP contribution in [0.1, 0.15) is 17.5 Å². The molecule has 2 aromatic rings. The van der Waals surface area contributed by atoms with Crippen molar-refractivity contribution in [3.8, 4) is 11.5 Å². The predicted octanol–water partition coefficient (Wildman–Crippen LogP) is 1.74. The Bertz CT molecular complexity index is 796. The molecule has 3 N–H and O–H groups in total. The molecule has 0 fully saturated rings. The molecule has 2 aromatic carbocycles. The summed E-state index contributed by atoms with van der Waals surface area (Å²) >= 11 is 0. The predicted molar refractivity (Wildman–Crippen MR) is 112 cm³/mol. The molecule has 0 radical (unpaired) electrons. The molecule has 7 heteroatoms. The Morgan fingerprint density at radius 2 is 1.69 bits per heavy atom. The summed E-state index contributed by atoms with van der Waals surface area (Å²) < 4.78 is 10.5. The minimum absolute atomic E-state index is 0.114. The van der Waals surface area contributed by atoms with Gasteiger partial charge in [0.05, 0.1) is 20.8 Å². The van der Waals surface area contributed by atoms with E-state index in [-0.39, 0.29) is 24.8 Å². The molecule has 2 rings (SSSR count). The Kier molecular flexibility index (Phi) is 8.98. The van der Waals surface area contributed by atoms with Gasteiger partial charge in [-0.25, -0.2) is 0 Å². The second-order valence-corrected chi connectivity index (χ2v) is 6.69. The summed E-state index contributed by atoms with van der Waals surface area (Å²) in [6.45, 7) is 1.70. The summed E-state index contributed by atoms with van der Waals surface area (Å²) in [6, 6.07) is 15.5. The first-order valence-corrected chi connectivity index (χ1v) is 9.54. The second kappa shape index (κ2) is 11.7. The van der Waals surface area contributed by atoms with Gasteiger partial charge in [0.1, 0.15) is 0 Å². The highest BCUT2D eigenvalue weighted by atomic mass is 16.5. The molecule has 0 aliphatic rings. The minimum Gasteiger partial charge on any atom is -0.493 e. The van der Waals surface area contributed by atoms with Crippen LogP contribution in [0.5, 0.6) is 11.5 Å². The van der Waals surface area contributed by atoms with Gasteiger partial charge in [-0.05, 0) is 29.7 Å².